The monoisotopic (exact) mass is 1300 g/mol. The van der Waals surface area contributed by atoms with Crippen molar-refractivity contribution in [1.29, 1.82) is 0 Å². The molecule has 0 aromatic rings. The number of allylic oxidation sites excluding steroid dienone is 2. The molecule has 0 bridgehead atoms. The van der Waals surface area contributed by atoms with Crippen molar-refractivity contribution in [3.05, 3.63) is 12.2 Å². The average molecular weight is 1300 g/mol. The van der Waals surface area contributed by atoms with Crippen molar-refractivity contribution >= 4 is 17.9 Å². The molecule has 0 saturated heterocycles. The molecule has 92 heavy (non-hydrogen) atoms. The minimum Gasteiger partial charge on any atom is -0.545 e. The number of carbonyl (C=O) groups excluding carboxylic acids is 3. The Balaban J connectivity index is 3.94. The van der Waals surface area contributed by atoms with Gasteiger partial charge in [-0.2, -0.15) is 0 Å². The van der Waals surface area contributed by atoms with Gasteiger partial charge >= 0.3 is 11.9 Å². The molecule has 0 aliphatic carbocycles. The smallest absolute Gasteiger partial charge is 0.306 e. The summed E-state index contributed by atoms with van der Waals surface area (Å²) in [5.41, 5.74) is 0. The lowest BCUT2D eigenvalue weighted by Crippen LogP contribution is -2.44. The molecule has 0 radical (unpaired) electrons. The zero-order valence-electron chi connectivity index (χ0n) is 62.7. The molecule has 0 aliphatic heterocycles. The van der Waals surface area contributed by atoms with Crippen molar-refractivity contribution in [2.45, 2.75) is 456 Å². The number of carboxylic acid groups (broad SMARTS) is 1. The predicted molar refractivity (Wildman–Crippen MR) is 394 cm³/mol. The van der Waals surface area contributed by atoms with Crippen LogP contribution in [0, 0.1) is 0 Å². The minimum absolute atomic E-state index is 0.153. The van der Waals surface area contributed by atoms with E-state index in [4.69, 9.17) is 18.9 Å². The van der Waals surface area contributed by atoms with Gasteiger partial charge in [0.25, 0.3) is 0 Å². The van der Waals surface area contributed by atoms with Gasteiger partial charge in [-0.25, -0.2) is 0 Å². The highest BCUT2D eigenvalue weighted by atomic mass is 16.7. The van der Waals surface area contributed by atoms with E-state index in [9.17, 15) is 19.5 Å². The molecule has 0 spiro atoms. The van der Waals surface area contributed by atoms with Gasteiger partial charge in [-0.3, -0.25) is 9.59 Å². The van der Waals surface area contributed by atoms with Crippen molar-refractivity contribution in [3.63, 3.8) is 0 Å². The van der Waals surface area contributed by atoms with E-state index in [2.05, 4.69) is 26.0 Å². The zero-order chi connectivity index (χ0) is 66.8. The Bertz CT molecular complexity index is 1510. The third-order valence-corrected chi connectivity index (χ3v) is 19.3. The molecule has 0 heterocycles. The molecule has 2 atom stereocenters. The standard InChI is InChI=1S/C83H161NO8/c1-6-8-10-12-14-16-18-20-22-24-26-28-30-32-34-36-38-40-42-43-45-47-49-51-53-55-57-59-61-63-65-67-69-71-73-80(85)90-77-79(78-91-83(82(87)88)89-76-75-84(3,4)5)92-81(86)74-72-70-68-66-64-62-60-58-56-54-52-50-48-46-44-41-39-37-35-33-31-29-27-25-23-21-19-17-15-13-11-9-7-2/h25,27,79,83H,6-24,26,28-78H2,1-5H3/b27-25-. The lowest BCUT2D eigenvalue weighted by Gasteiger charge is -2.26. The molecule has 0 aromatic heterocycles. The second kappa shape index (κ2) is 74.8. The fraction of sp³-hybridized carbons (Fsp3) is 0.940. The molecule has 0 aliphatic rings. The molecule has 0 amide bonds. The molecule has 0 aromatic carbocycles. The first-order chi connectivity index (χ1) is 45.1. The molecule has 0 rings (SSSR count). The van der Waals surface area contributed by atoms with Gasteiger partial charge in [-0.15, -0.1) is 0 Å². The van der Waals surface area contributed by atoms with Gasteiger partial charge in [0.2, 0.25) is 0 Å². The SMILES string of the molecule is CCCCCCCCCC/C=C\CCCCCCCCCCCCCCCCCCCCCCCC(=O)OC(COC(=O)CCCCCCCCCCCCCCCCCCCCCCCCCCCCCCCCCCCC)COC(OCC[N+](C)(C)C)C(=O)[O-]. The summed E-state index contributed by atoms with van der Waals surface area (Å²) in [5, 5.41) is 11.9. The number of hydrogen-bond acceptors (Lipinski definition) is 8. The quantitative estimate of drug-likeness (QED) is 0.0195. The van der Waals surface area contributed by atoms with Gasteiger partial charge in [0, 0.05) is 12.8 Å². The number of hydrogen-bond donors (Lipinski definition) is 0. The Labute approximate surface area is 574 Å². The van der Waals surface area contributed by atoms with Gasteiger partial charge in [-0.05, 0) is 38.5 Å². The van der Waals surface area contributed by atoms with Crippen molar-refractivity contribution in [2.24, 2.45) is 0 Å². The van der Waals surface area contributed by atoms with Gasteiger partial charge in [0.05, 0.1) is 40.3 Å². The number of quaternary nitrogens is 1. The van der Waals surface area contributed by atoms with Crippen LogP contribution in [0.4, 0.5) is 0 Å². The number of rotatable bonds is 79. The number of carbonyl (C=O) groups is 3. The Hall–Kier alpha value is -1.97. The van der Waals surface area contributed by atoms with Crippen LogP contribution in [0.1, 0.15) is 444 Å². The van der Waals surface area contributed by atoms with Crippen molar-refractivity contribution in [2.75, 3.05) is 47.5 Å². The third-order valence-electron chi connectivity index (χ3n) is 19.3. The van der Waals surface area contributed by atoms with Crippen LogP contribution >= 0.6 is 0 Å². The molecule has 0 fully saturated rings. The van der Waals surface area contributed by atoms with E-state index in [1.807, 2.05) is 21.1 Å². The number of nitrogens with zero attached hydrogens (tertiary/aromatic N) is 1. The molecule has 0 N–H and O–H groups in total. The van der Waals surface area contributed by atoms with Crippen LogP contribution < -0.4 is 5.11 Å². The normalized spacial score (nSPS) is 12.6. The largest absolute Gasteiger partial charge is 0.545 e. The highest BCUT2D eigenvalue weighted by molar-refractivity contribution is 5.70. The van der Waals surface area contributed by atoms with Gasteiger partial charge in [0.15, 0.2) is 12.4 Å². The molecule has 0 saturated carbocycles. The average Bonchev–Trinajstić information content (AvgIpc) is 3.69. The van der Waals surface area contributed by atoms with E-state index in [-0.39, 0.29) is 32.2 Å². The maximum atomic E-state index is 13.0. The first-order valence-electron chi connectivity index (χ1n) is 41.3. The number of unbranched alkanes of at least 4 members (excludes halogenated alkanes) is 62. The second-order valence-electron chi connectivity index (χ2n) is 29.8. The van der Waals surface area contributed by atoms with Crippen LogP contribution in [-0.4, -0.2) is 82.3 Å². The van der Waals surface area contributed by atoms with Crippen LogP contribution in [0.5, 0.6) is 0 Å². The topological polar surface area (TPSA) is 111 Å². The number of ether oxygens (including phenoxy) is 4. The van der Waals surface area contributed by atoms with Gasteiger partial charge < -0.3 is 33.3 Å². The second-order valence-corrected chi connectivity index (χ2v) is 29.8. The summed E-state index contributed by atoms with van der Waals surface area (Å²) in [6.07, 6.45) is 90.7. The number of esters is 2. The van der Waals surface area contributed by atoms with Gasteiger partial charge in [0.1, 0.15) is 13.2 Å². The van der Waals surface area contributed by atoms with Crippen LogP contribution in [-0.2, 0) is 33.3 Å². The van der Waals surface area contributed by atoms with Crippen molar-refractivity contribution in [3.8, 4) is 0 Å². The van der Waals surface area contributed by atoms with E-state index in [0.717, 1.165) is 38.5 Å². The lowest BCUT2D eigenvalue weighted by atomic mass is 10.0. The van der Waals surface area contributed by atoms with E-state index in [0.29, 0.717) is 17.4 Å². The zero-order valence-corrected chi connectivity index (χ0v) is 62.7. The van der Waals surface area contributed by atoms with Crippen LogP contribution in [0.3, 0.4) is 0 Å². The number of likely N-dealkylation sites (N-methyl/N-ethyl adjacent to an activating group) is 1. The van der Waals surface area contributed by atoms with Crippen LogP contribution in [0.15, 0.2) is 12.2 Å². The van der Waals surface area contributed by atoms with E-state index >= 15 is 0 Å². The third kappa shape index (κ3) is 75.4. The lowest BCUT2D eigenvalue weighted by molar-refractivity contribution is -0.870. The Morgan fingerprint density at radius 2 is 0.554 bits per heavy atom. The van der Waals surface area contributed by atoms with Crippen LogP contribution in [0.2, 0.25) is 0 Å². The van der Waals surface area contributed by atoms with Crippen LogP contribution in [0.25, 0.3) is 0 Å². The highest BCUT2D eigenvalue weighted by Crippen LogP contribution is 2.21. The summed E-state index contributed by atoms with van der Waals surface area (Å²) in [5.74, 6) is -2.24. The van der Waals surface area contributed by atoms with E-state index in [1.54, 1.807) is 0 Å². The molecule has 2 unspecified atom stereocenters. The molecule has 9 heteroatoms. The molecular formula is C83H161NO8. The van der Waals surface area contributed by atoms with Crippen molar-refractivity contribution < 1.29 is 42.9 Å². The summed E-state index contributed by atoms with van der Waals surface area (Å²) in [4.78, 5) is 37.6. The fourth-order valence-electron chi connectivity index (χ4n) is 13.0. The predicted octanol–water partition coefficient (Wildman–Crippen LogP) is 25.0. The van der Waals surface area contributed by atoms with Crippen molar-refractivity contribution in [1.82, 2.24) is 0 Å². The summed E-state index contributed by atoms with van der Waals surface area (Å²) in [6, 6.07) is 0. The molecule has 9 nitrogen and oxygen atoms in total. The summed E-state index contributed by atoms with van der Waals surface area (Å²) in [7, 11) is 5.96. The summed E-state index contributed by atoms with van der Waals surface area (Å²) in [6.45, 7) is 4.85. The maximum absolute atomic E-state index is 13.0. The summed E-state index contributed by atoms with van der Waals surface area (Å²) < 4.78 is 22.9. The Morgan fingerprint density at radius 1 is 0.315 bits per heavy atom. The summed E-state index contributed by atoms with van der Waals surface area (Å²) >= 11 is 0. The first kappa shape index (κ1) is 90.0. The molecule has 546 valence electrons. The van der Waals surface area contributed by atoms with Gasteiger partial charge in [-0.1, -0.05) is 405 Å². The number of aliphatic carboxylic acids is 1. The Kier molecular flexibility index (Phi) is 73.2. The number of carboxylic acids is 1. The van der Waals surface area contributed by atoms with E-state index in [1.165, 1.54) is 379 Å². The fourth-order valence-corrected chi connectivity index (χ4v) is 13.0. The highest BCUT2D eigenvalue weighted by Gasteiger charge is 2.22. The molecular weight excluding hydrogens is 1140 g/mol. The minimum atomic E-state index is -1.62. The maximum Gasteiger partial charge on any atom is 0.306 e. The Morgan fingerprint density at radius 3 is 0.804 bits per heavy atom. The first-order valence-corrected chi connectivity index (χ1v) is 41.3. The van der Waals surface area contributed by atoms with E-state index < -0.39 is 24.3 Å².